The molecule has 0 saturated heterocycles. The molecule has 0 spiro atoms. The highest BCUT2D eigenvalue weighted by Gasteiger charge is 2.09. The number of nitrogens with zero attached hydrogens (tertiary/aromatic N) is 4. The molecule has 0 amide bonds. The lowest BCUT2D eigenvalue weighted by molar-refractivity contribution is -0.136. The quantitative estimate of drug-likeness (QED) is 0.740. The molecule has 1 N–H and O–H groups in total. The fourth-order valence-electron chi connectivity index (χ4n) is 2.39. The predicted octanol–water partition coefficient (Wildman–Crippen LogP) is 3.99. The van der Waals surface area contributed by atoms with Gasteiger partial charge >= 0.3 is 5.97 Å². The molecule has 0 aliphatic carbocycles. The Kier molecular flexibility index (Phi) is 3.89. The first-order valence-electron chi connectivity index (χ1n) is 7.21. The molecule has 3 aromatic rings. The number of imidazole rings is 1. The molecule has 6 heteroatoms. The molecule has 1 aromatic carbocycles. The van der Waals surface area contributed by atoms with E-state index in [0.717, 1.165) is 22.5 Å². The number of benzene rings is 1. The van der Waals surface area contributed by atoms with Gasteiger partial charge in [0, 0.05) is 6.20 Å². The maximum absolute atomic E-state index is 10.7. The van der Waals surface area contributed by atoms with Crippen molar-refractivity contribution in [2.75, 3.05) is 0 Å². The molecule has 0 aliphatic rings. The minimum atomic E-state index is -0.851. The van der Waals surface area contributed by atoms with E-state index in [0.29, 0.717) is 11.5 Å². The summed E-state index contributed by atoms with van der Waals surface area (Å²) in [5, 5.41) is 17.3. The summed E-state index contributed by atoms with van der Waals surface area (Å²) in [6.07, 6.45) is 1.91. The van der Waals surface area contributed by atoms with E-state index in [1.165, 1.54) is 0 Å². The fraction of sp³-hybridized carbons (Fsp3) is 0.176. The van der Waals surface area contributed by atoms with Crippen LogP contribution in [0.2, 0.25) is 0 Å². The zero-order valence-electron chi connectivity index (χ0n) is 12.9. The topological polar surface area (TPSA) is 79.3 Å². The molecule has 0 atom stereocenters. The third kappa shape index (κ3) is 3.11. The van der Waals surface area contributed by atoms with Crippen LogP contribution >= 0.6 is 0 Å². The lowest BCUT2D eigenvalue weighted by Crippen LogP contribution is -1.99. The van der Waals surface area contributed by atoms with Gasteiger partial charge in [-0.3, -0.25) is 9.20 Å². The van der Waals surface area contributed by atoms with Crippen LogP contribution in [0.15, 0.2) is 52.8 Å². The van der Waals surface area contributed by atoms with E-state index in [2.05, 4.69) is 15.2 Å². The number of hydrogen-bond acceptors (Lipinski definition) is 4. The molecule has 0 aliphatic heterocycles. The Morgan fingerprint density at radius 1 is 1.17 bits per heavy atom. The van der Waals surface area contributed by atoms with Crippen LogP contribution in [0.25, 0.3) is 5.65 Å². The standard InChI is InChI=1S/C17H16N4O2/c1-11-4-3-9-21-16(11)18-12(2)17(21)20-19-14-7-5-13(6-8-14)10-15(22)23/h3-9H,10H2,1-2H3,(H,22,23). The molecule has 23 heavy (non-hydrogen) atoms. The molecular formula is C17H16N4O2. The highest BCUT2D eigenvalue weighted by molar-refractivity contribution is 5.70. The number of fused-ring (bicyclic) bond motifs is 1. The molecule has 2 aromatic heterocycles. The van der Waals surface area contributed by atoms with E-state index in [9.17, 15) is 4.79 Å². The maximum Gasteiger partial charge on any atom is 0.307 e. The van der Waals surface area contributed by atoms with E-state index < -0.39 is 5.97 Å². The van der Waals surface area contributed by atoms with Gasteiger partial charge in [0.25, 0.3) is 0 Å². The van der Waals surface area contributed by atoms with Crippen LogP contribution in [0.4, 0.5) is 11.5 Å². The Labute approximate surface area is 133 Å². The minimum Gasteiger partial charge on any atom is -0.481 e. The number of azo groups is 1. The normalized spacial score (nSPS) is 11.4. The van der Waals surface area contributed by atoms with Crippen molar-refractivity contribution in [3.63, 3.8) is 0 Å². The van der Waals surface area contributed by atoms with Crippen molar-refractivity contribution in [1.29, 1.82) is 0 Å². The zero-order valence-corrected chi connectivity index (χ0v) is 12.9. The molecule has 0 bridgehead atoms. The van der Waals surface area contributed by atoms with Gasteiger partial charge in [-0.1, -0.05) is 18.2 Å². The first kappa shape index (κ1) is 14.9. The number of aryl methyl sites for hydroxylation is 2. The minimum absolute atomic E-state index is 0.00304. The second-order valence-corrected chi connectivity index (χ2v) is 5.34. The summed E-state index contributed by atoms with van der Waals surface area (Å²) in [5.41, 5.74) is 4.16. The van der Waals surface area contributed by atoms with Gasteiger partial charge in [0.05, 0.1) is 17.8 Å². The Morgan fingerprint density at radius 3 is 2.61 bits per heavy atom. The average Bonchev–Trinajstić information content (AvgIpc) is 2.83. The van der Waals surface area contributed by atoms with E-state index in [4.69, 9.17) is 5.11 Å². The van der Waals surface area contributed by atoms with Crippen LogP contribution in [0.1, 0.15) is 16.8 Å². The summed E-state index contributed by atoms with van der Waals surface area (Å²) < 4.78 is 1.91. The van der Waals surface area contributed by atoms with E-state index in [1.54, 1.807) is 24.3 Å². The van der Waals surface area contributed by atoms with Gasteiger partial charge in [-0.25, -0.2) is 4.98 Å². The zero-order chi connectivity index (χ0) is 16.4. The third-order valence-corrected chi connectivity index (χ3v) is 3.54. The molecule has 0 radical (unpaired) electrons. The number of aromatic nitrogens is 2. The van der Waals surface area contributed by atoms with Crippen LogP contribution in [0, 0.1) is 13.8 Å². The van der Waals surface area contributed by atoms with Crippen LogP contribution < -0.4 is 0 Å². The van der Waals surface area contributed by atoms with Crippen molar-refractivity contribution in [3.05, 3.63) is 59.4 Å². The van der Waals surface area contributed by atoms with Crippen molar-refractivity contribution in [2.24, 2.45) is 10.2 Å². The van der Waals surface area contributed by atoms with Crippen molar-refractivity contribution in [2.45, 2.75) is 20.3 Å². The van der Waals surface area contributed by atoms with Gasteiger partial charge in [-0.15, -0.1) is 10.2 Å². The summed E-state index contributed by atoms with van der Waals surface area (Å²) in [7, 11) is 0. The van der Waals surface area contributed by atoms with Gasteiger partial charge in [-0.05, 0) is 43.2 Å². The van der Waals surface area contributed by atoms with E-state index >= 15 is 0 Å². The fourth-order valence-corrected chi connectivity index (χ4v) is 2.39. The second kappa shape index (κ2) is 6.00. The number of rotatable bonds is 4. The van der Waals surface area contributed by atoms with Crippen LogP contribution in [0.5, 0.6) is 0 Å². The van der Waals surface area contributed by atoms with Gasteiger partial charge in [-0.2, -0.15) is 0 Å². The van der Waals surface area contributed by atoms with Gasteiger partial charge < -0.3 is 5.11 Å². The SMILES string of the molecule is Cc1nc2c(C)cccn2c1N=Nc1ccc(CC(=O)O)cc1. The van der Waals surface area contributed by atoms with Crippen molar-refractivity contribution in [3.8, 4) is 0 Å². The number of hydrogen-bond donors (Lipinski definition) is 1. The Bertz CT molecular complexity index is 895. The van der Waals surface area contributed by atoms with Gasteiger partial charge in [0.15, 0.2) is 5.82 Å². The van der Waals surface area contributed by atoms with E-state index in [1.807, 2.05) is 36.6 Å². The van der Waals surface area contributed by atoms with Gasteiger partial charge in [0.1, 0.15) is 5.65 Å². The Hall–Kier alpha value is -3.02. The number of pyridine rings is 1. The molecule has 0 unspecified atom stereocenters. The average molecular weight is 308 g/mol. The molecule has 0 saturated carbocycles. The molecular weight excluding hydrogens is 292 g/mol. The van der Waals surface area contributed by atoms with Crippen LogP contribution in [-0.2, 0) is 11.2 Å². The lowest BCUT2D eigenvalue weighted by atomic mass is 10.1. The maximum atomic E-state index is 10.7. The largest absolute Gasteiger partial charge is 0.481 e. The highest BCUT2D eigenvalue weighted by Crippen LogP contribution is 2.25. The highest BCUT2D eigenvalue weighted by atomic mass is 16.4. The van der Waals surface area contributed by atoms with Crippen molar-refractivity contribution < 1.29 is 9.90 Å². The summed E-state index contributed by atoms with van der Waals surface area (Å²) >= 11 is 0. The Balaban J connectivity index is 1.90. The smallest absolute Gasteiger partial charge is 0.307 e. The van der Waals surface area contributed by atoms with Crippen LogP contribution in [-0.4, -0.2) is 20.5 Å². The number of carboxylic acid groups (broad SMARTS) is 1. The first-order valence-corrected chi connectivity index (χ1v) is 7.21. The summed E-state index contributed by atoms with van der Waals surface area (Å²) in [6.45, 7) is 3.90. The number of carbonyl (C=O) groups is 1. The molecule has 3 rings (SSSR count). The first-order chi connectivity index (χ1) is 11.0. The number of aliphatic carboxylic acids is 1. The van der Waals surface area contributed by atoms with Gasteiger partial charge in [0.2, 0.25) is 0 Å². The lowest BCUT2D eigenvalue weighted by Gasteiger charge is -1.99. The van der Waals surface area contributed by atoms with Crippen molar-refractivity contribution in [1.82, 2.24) is 9.38 Å². The molecule has 116 valence electrons. The Morgan fingerprint density at radius 2 is 1.91 bits per heavy atom. The molecule has 0 fully saturated rings. The van der Waals surface area contributed by atoms with Crippen LogP contribution in [0.3, 0.4) is 0 Å². The van der Waals surface area contributed by atoms with E-state index in [-0.39, 0.29) is 6.42 Å². The summed E-state index contributed by atoms with van der Waals surface area (Å²) in [4.78, 5) is 15.2. The predicted molar refractivity (Wildman–Crippen MR) is 86.6 cm³/mol. The summed E-state index contributed by atoms with van der Waals surface area (Å²) in [5.74, 6) is -0.158. The molecule has 6 nitrogen and oxygen atoms in total. The molecule has 2 heterocycles. The third-order valence-electron chi connectivity index (χ3n) is 3.54. The second-order valence-electron chi connectivity index (χ2n) is 5.34. The number of carboxylic acids is 1. The van der Waals surface area contributed by atoms with Crippen molar-refractivity contribution >= 4 is 23.1 Å². The summed E-state index contributed by atoms with van der Waals surface area (Å²) in [6, 6.07) is 11.0. The monoisotopic (exact) mass is 308 g/mol.